The zero-order chi connectivity index (χ0) is 29.0. The van der Waals surface area contributed by atoms with Gasteiger partial charge in [-0.3, -0.25) is 19.7 Å². The highest BCUT2D eigenvalue weighted by molar-refractivity contribution is 6.33. The van der Waals surface area contributed by atoms with Gasteiger partial charge in [0.05, 0.1) is 0 Å². The van der Waals surface area contributed by atoms with E-state index < -0.39 is 0 Å². The molecule has 1 aliphatic carbocycles. The number of ketones is 1. The van der Waals surface area contributed by atoms with Crippen LogP contribution >= 0.6 is 0 Å². The number of hydrogen-bond acceptors (Lipinski definition) is 5. The van der Waals surface area contributed by atoms with Gasteiger partial charge >= 0.3 is 0 Å². The minimum atomic E-state index is -0.0430. The number of benzene rings is 1. The quantitative estimate of drug-likeness (QED) is 0.195. The van der Waals surface area contributed by atoms with Gasteiger partial charge in [0, 0.05) is 96.1 Å². The smallest absolute Gasteiger partial charge is 0.219 e. The summed E-state index contributed by atoms with van der Waals surface area (Å²) in [6.07, 6.45) is 22.1. The summed E-state index contributed by atoms with van der Waals surface area (Å²) in [5.41, 5.74) is 9.80. The second kappa shape index (κ2) is 11.5. The third-order valence-electron chi connectivity index (χ3n) is 7.48. The highest BCUT2D eigenvalue weighted by Crippen LogP contribution is 2.34. The Morgan fingerprint density at radius 2 is 1.09 bits per heavy atom. The lowest BCUT2D eigenvalue weighted by molar-refractivity contribution is -0.554. The maximum atomic E-state index is 14.0. The van der Waals surface area contributed by atoms with Crippen LogP contribution in [0.2, 0.25) is 0 Å². The lowest BCUT2D eigenvalue weighted by Crippen LogP contribution is -2.38. The maximum Gasteiger partial charge on any atom is 0.219 e. The van der Waals surface area contributed by atoms with Gasteiger partial charge in [0.25, 0.3) is 0 Å². The van der Waals surface area contributed by atoms with Crippen LogP contribution in [0.5, 0.6) is 0 Å². The largest absolute Gasteiger partial charge is 0.368 e. The van der Waals surface area contributed by atoms with Crippen LogP contribution < -0.4 is 9.88 Å². The molecule has 43 heavy (non-hydrogen) atoms. The summed E-state index contributed by atoms with van der Waals surface area (Å²) in [6, 6.07) is 26.5. The van der Waals surface area contributed by atoms with Crippen LogP contribution in [0.25, 0.3) is 44.9 Å². The first kappa shape index (κ1) is 25.9. The topological polar surface area (TPSA) is 71.7 Å². The van der Waals surface area contributed by atoms with E-state index in [9.17, 15) is 4.79 Å². The van der Waals surface area contributed by atoms with Crippen molar-refractivity contribution in [2.45, 2.75) is 0 Å². The number of Topliss-reactive ketones (excluding diaryl/α,β-unsaturated/α-hetero) is 1. The van der Waals surface area contributed by atoms with Gasteiger partial charge in [-0.25, -0.2) is 0 Å². The Labute approximate surface area is 249 Å². The molecule has 0 fully saturated rings. The Morgan fingerprint density at radius 3 is 1.65 bits per heavy atom. The van der Waals surface area contributed by atoms with Crippen LogP contribution in [0, 0.1) is 0 Å². The fourth-order valence-electron chi connectivity index (χ4n) is 5.41. The number of hydrogen-bond donors (Lipinski definition) is 1. The number of nitrogens with zero attached hydrogens (tertiary/aromatic N) is 4. The summed E-state index contributed by atoms with van der Waals surface area (Å²) < 4.78 is 2.22. The Balaban J connectivity index is 1.58. The molecular weight excluding hydrogens is 530 g/mol. The van der Waals surface area contributed by atoms with E-state index in [2.05, 4.69) is 49.1 Å². The molecule has 0 atom stereocenters. The maximum absolute atomic E-state index is 14.0. The summed E-state index contributed by atoms with van der Waals surface area (Å²) in [5.74, 6) is -0.0430. The average molecular weight is 557 g/mol. The van der Waals surface area contributed by atoms with Crippen molar-refractivity contribution in [3.63, 3.8) is 0 Å². The van der Waals surface area contributed by atoms with Gasteiger partial charge in [-0.15, -0.1) is 0 Å². The van der Waals surface area contributed by atoms with Crippen molar-refractivity contribution >= 4 is 17.1 Å². The minimum Gasteiger partial charge on any atom is -0.368 e. The van der Waals surface area contributed by atoms with Gasteiger partial charge in [-0.1, -0.05) is 30.3 Å². The average Bonchev–Trinajstić information content (AvgIpc) is 3.10. The van der Waals surface area contributed by atoms with Crippen molar-refractivity contribution in [2.75, 3.05) is 0 Å². The van der Waals surface area contributed by atoms with Gasteiger partial charge < -0.3 is 5.32 Å². The molecule has 1 aromatic carbocycles. The van der Waals surface area contributed by atoms with E-state index in [1.54, 1.807) is 37.2 Å². The molecule has 6 heteroatoms. The SMILES string of the molecule is O=C1C(c2ccncc2)=CC([n+]2c(-c3ccncc3)cc(-c3ccccc3)cc2-c2ccncc2)=CC1=C1C=CNC=C1. The molecule has 1 aliphatic heterocycles. The highest BCUT2D eigenvalue weighted by atomic mass is 16.1. The van der Waals surface area contributed by atoms with E-state index >= 15 is 0 Å². The Kier molecular flexibility index (Phi) is 6.91. The molecule has 0 saturated carbocycles. The van der Waals surface area contributed by atoms with E-state index in [-0.39, 0.29) is 5.78 Å². The van der Waals surface area contributed by atoms with Crippen molar-refractivity contribution in [3.8, 4) is 33.6 Å². The van der Waals surface area contributed by atoms with Crippen LogP contribution in [0.1, 0.15) is 5.56 Å². The Bertz CT molecular complexity index is 1900. The molecule has 0 amide bonds. The van der Waals surface area contributed by atoms with Crippen LogP contribution in [0.3, 0.4) is 0 Å². The second-order valence-electron chi connectivity index (χ2n) is 10.1. The molecule has 5 heterocycles. The molecule has 0 unspecified atom stereocenters. The molecule has 1 N–H and O–H groups in total. The van der Waals surface area contributed by atoms with Crippen LogP contribution in [-0.4, -0.2) is 20.7 Å². The van der Waals surface area contributed by atoms with E-state index in [0.29, 0.717) is 11.1 Å². The van der Waals surface area contributed by atoms with Crippen molar-refractivity contribution < 1.29 is 9.36 Å². The molecule has 4 aromatic heterocycles. The van der Waals surface area contributed by atoms with Gasteiger partial charge in [0.1, 0.15) is 0 Å². The van der Waals surface area contributed by atoms with Gasteiger partial charge in [-0.05, 0) is 70.8 Å². The zero-order valence-electron chi connectivity index (χ0n) is 23.1. The van der Waals surface area contributed by atoms with Gasteiger partial charge in [-0.2, -0.15) is 4.57 Å². The molecule has 0 bridgehead atoms. The summed E-state index contributed by atoms with van der Waals surface area (Å²) in [5, 5.41) is 3.07. The summed E-state index contributed by atoms with van der Waals surface area (Å²) >= 11 is 0. The number of allylic oxidation sites excluding steroid dienone is 8. The molecule has 0 radical (unpaired) electrons. The third kappa shape index (κ3) is 5.13. The molecule has 5 aromatic rings. The van der Waals surface area contributed by atoms with Crippen molar-refractivity contribution in [1.29, 1.82) is 0 Å². The lowest BCUT2D eigenvalue weighted by Gasteiger charge is -2.18. The van der Waals surface area contributed by atoms with Crippen LogP contribution in [0.4, 0.5) is 0 Å². The summed E-state index contributed by atoms with van der Waals surface area (Å²) in [7, 11) is 0. The van der Waals surface area contributed by atoms with E-state index in [1.807, 2.05) is 91.3 Å². The third-order valence-corrected chi connectivity index (χ3v) is 7.48. The van der Waals surface area contributed by atoms with Crippen molar-refractivity contribution in [2.24, 2.45) is 0 Å². The molecule has 0 saturated heterocycles. The standard InChI is InChI=1S/C37H25N5O/c43-37-33(27-6-14-38-15-7-27)24-32(25-34(37)28-8-16-39-17-9-28)42-35(29-10-18-40-19-11-29)22-31(26-4-2-1-3-5-26)23-36(42)30-12-20-41-21-13-30/h1-25H/p+1. The Morgan fingerprint density at radius 1 is 0.558 bits per heavy atom. The van der Waals surface area contributed by atoms with E-state index in [0.717, 1.165) is 50.5 Å². The second-order valence-corrected chi connectivity index (χ2v) is 10.1. The zero-order valence-corrected chi connectivity index (χ0v) is 23.1. The summed E-state index contributed by atoms with van der Waals surface area (Å²) in [4.78, 5) is 26.8. The number of nitrogens with one attached hydrogen (secondary N) is 1. The van der Waals surface area contributed by atoms with E-state index in [4.69, 9.17) is 0 Å². The number of pyridine rings is 4. The first-order chi connectivity index (χ1) is 21.3. The molecule has 0 spiro atoms. The number of carbonyl (C=O) groups is 1. The fourth-order valence-corrected chi connectivity index (χ4v) is 5.41. The molecular formula is C37H26N5O+. The molecule has 6 nitrogen and oxygen atoms in total. The predicted octanol–water partition coefficient (Wildman–Crippen LogP) is 6.59. The van der Waals surface area contributed by atoms with Gasteiger partial charge in [0.2, 0.25) is 17.1 Å². The fraction of sp³-hybridized carbons (Fsp3) is 0. The van der Waals surface area contributed by atoms with Crippen LogP contribution in [-0.2, 0) is 4.79 Å². The summed E-state index contributed by atoms with van der Waals surface area (Å²) in [6.45, 7) is 0. The van der Waals surface area contributed by atoms with Crippen molar-refractivity contribution in [1.82, 2.24) is 20.3 Å². The minimum absolute atomic E-state index is 0.0430. The first-order valence-corrected chi connectivity index (χ1v) is 13.9. The molecule has 204 valence electrons. The monoisotopic (exact) mass is 556 g/mol. The van der Waals surface area contributed by atoms with Crippen molar-refractivity contribution in [3.05, 3.63) is 169 Å². The normalized spacial score (nSPS) is 14.3. The lowest BCUT2D eigenvalue weighted by atomic mass is 9.88. The molecule has 2 aliphatic rings. The molecule has 7 rings (SSSR count). The number of rotatable bonds is 5. The van der Waals surface area contributed by atoms with E-state index in [1.165, 1.54) is 0 Å². The number of dihydropyridines is 1. The highest BCUT2D eigenvalue weighted by Gasteiger charge is 2.32. The van der Waals surface area contributed by atoms with Crippen LogP contribution in [0.15, 0.2) is 164 Å². The number of aromatic nitrogens is 4. The van der Waals surface area contributed by atoms with Gasteiger partial charge in [0.15, 0.2) is 5.78 Å². The Hall–Kier alpha value is -6.01. The number of carbonyl (C=O) groups excluding carboxylic acids is 1. The first-order valence-electron chi connectivity index (χ1n) is 13.9. The predicted molar refractivity (Wildman–Crippen MR) is 168 cm³/mol.